The third-order valence-corrected chi connectivity index (χ3v) is 5.83. The van der Waals surface area contributed by atoms with Gasteiger partial charge >= 0.3 is 0 Å². The van der Waals surface area contributed by atoms with Crippen LogP contribution in [0.1, 0.15) is 19.4 Å². The van der Waals surface area contributed by atoms with Crippen molar-refractivity contribution in [3.05, 3.63) is 95.9 Å². The quantitative estimate of drug-likeness (QED) is 0.408. The Bertz CT molecular complexity index is 1360. The summed E-state index contributed by atoms with van der Waals surface area (Å²) < 4.78 is 7.93. The van der Waals surface area contributed by atoms with Crippen LogP contribution in [0.25, 0.3) is 27.2 Å². The van der Waals surface area contributed by atoms with Crippen molar-refractivity contribution in [1.29, 1.82) is 0 Å². The van der Waals surface area contributed by atoms with Gasteiger partial charge in [-0.25, -0.2) is 0 Å². The smallest absolute Gasteiger partial charge is 0.119 e. The highest BCUT2D eigenvalue weighted by Gasteiger charge is 2.12. The predicted octanol–water partition coefficient (Wildman–Crippen LogP) is 5.85. The highest BCUT2D eigenvalue weighted by Crippen LogP contribution is 2.26. The number of aryl methyl sites for hydroxylation is 1. The summed E-state index contributed by atoms with van der Waals surface area (Å²) in [6.07, 6.45) is 8.63. The summed E-state index contributed by atoms with van der Waals surface area (Å²) in [5.41, 5.74) is 4.70. The van der Waals surface area contributed by atoms with Gasteiger partial charge < -0.3 is 9.30 Å². The second-order valence-electron chi connectivity index (χ2n) is 7.71. The molecule has 0 atom stereocenters. The van der Waals surface area contributed by atoms with Gasteiger partial charge in [-0.15, -0.1) is 0 Å². The molecule has 3 nitrogen and oxygen atoms in total. The Hall–Kier alpha value is -3.59. The molecule has 3 heteroatoms. The van der Waals surface area contributed by atoms with Crippen LogP contribution in [0.15, 0.2) is 90.0 Å². The fourth-order valence-corrected chi connectivity index (χ4v) is 4.41. The summed E-state index contributed by atoms with van der Waals surface area (Å²) >= 11 is 0. The first kappa shape index (κ1) is 19.4. The first-order chi connectivity index (χ1) is 15.3. The maximum Gasteiger partial charge on any atom is 0.119 e. The van der Waals surface area contributed by atoms with E-state index in [0.717, 1.165) is 18.0 Å². The van der Waals surface area contributed by atoms with Crippen LogP contribution >= 0.6 is 0 Å². The lowest BCUT2D eigenvalue weighted by Gasteiger charge is -2.07. The lowest BCUT2D eigenvalue weighted by Crippen LogP contribution is -2.18. The molecule has 1 aliphatic rings. The van der Waals surface area contributed by atoms with Crippen LogP contribution in [0.4, 0.5) is 0 Å². The summed E-state index contributed by atoms with van der Waals surface area (Å²) in [5.74, 6) is 0.903. The molecule has 0 bridgehead atoms. The summed E-state index contributed by atoms with van der Waals surface area (Å²) in [6.45, 7) is 6.49. The Morgan fingerprint density at radius 1 is 0.839 bits per heavy atom. The van der Waals surface area contributed by atoms with Crippen molar-refractivity contribution in [1.82, 2.24) is 4.57 Å². The van der Waals surface area contributed by atoms with Crippen LogP contribution in [0.2, 0.25) is 0 Å². The largest absolute Gasteiger partial charge is 0.494 e. The molecule has 1 heterocycles. The summed E-state index contributed by atoms with van der Waals surface area (Å²) in [6, 6.07) is 21.3. The first-order valence-corrected chi connectivity index (χ1v) is 10.9. The molecule has 154 valence electrons. The predicted molar refractivity (Wildman–Crippen MR) is 131 cm³/mol. The fraction of sp³-hybridized carbons (Fsp3) is 0.179. The van der Waals surface area contributed by atoms with Gasteiger partial charge in [0.15, 0.2) is 0 Å². The third kappa shape index (κ3) is 3.57. The molecule has 0 aliphatic heterocycles. The molecule has 0 radical (unpaired) electrons. The highest BCUT2D eigenvalue weighted by molar-refractivity contribution is 6.12. The molecule has 0 fully saturated rings. The van der Waals surface area contributed by atoms with E-state index in [2.05, 4.69) is 84.3 Å². The Labute approximate surface area is 182 Å². The van der Waals surface area contributed by atoms with E-state index in [1.54, 1.807) is 0 Å². The lowest BCUT2D eigenvalue weighted by atomic mass is 10.0. The van der Waals surface area contributed by atoms with Gasteiger partial charge in [-0.2, -0.15) is 0 Å². The minimum atomic E-state index is 0.661. The average Bonchev–Trinajstić information content (AvgIpc) is 3.15. The number of nitrogens with zero attached hydrogens (tertiary/aromatic N) is 2. The van der Waals surface area contributed by atoms with Crippen LogP contribution in [0, 0.1) is 0 Å². The van der Waals surface area contributed by atoms with Gasteiger partial charge in [0.05, 0.1) is 24.2 Å². The Morgan fingerprint density at radius 2 is 1.58 bits per heavy atom. The minimum absolute atomic E-state index is 0.661. The third-order valence-electron chi connectivity index (χ3n) is 5.83. The van der Waals surface area contributed by atoms with E-state index in [9.17, 15) is 0 Å². The molecule has 31 heavy (non-hydrogen) atoms. The number of aromatic nitrogens is 1. The van der Waals surface area contributed by atoms with E-state index >= 15 is 0 Å². The molecule has 5 rings (SSSR count). The molecule has 3 aromatic carbocycles. The highest BCUT2D eigenvalue weighted by atomic mass is 16.5. The number of allylic oxidation sites excluding steroid dienone is 4. The normalized spacial score (nSPS) is 13.5. The van der Waals surface area contributed by atoms with Crippen molar-refractivity contribution in [3.63, 3.8) is 0 Å². The topological polar surface area (TPSA) is 26.5 Å². The van der Waals surface area contributed by atoms with Crippen molar-refractivity contribution in [2.75, 3.05) is 6.61 Å². The van der Waals surface area contributed by atoms with Gasteiger partial charge in [-0.3, -0.25) is 4.99 Å². The standard InChI is InChI=1S/C28H26N2O/c1-3-30-26-10-6-8-21-7-5-9-25(27(21)26)28(30)22-13-15-23(16-14-22)29-19-20-11-17-24(18-12-20)31-4-2/h5-18H,3-4,19H2,1-2H3. The molecular weight excluding hydrogens is 380 g/mol. The van der Waals surface area contributed by atoms with Gasteiger partial charge in [0, 0.05) is 22.8 Å². The van der Waals surface area contributed by atoms with Crippen LogP contribution in [-0.2, 0) is 13.1 Å². The van der Waals surface area contributed by atoms with Gasteiger partial charge in [0.2, 0.25) is 0 Å². The van der Waals surface area contributed by atoms with Crippen molar-refractivity contribution in [2.45, 2.75) is 26.9 Å². The SMILES string of the molecule is CCOc1ccc(CN=C2C=CC(=c3c4cccc5cccc(c54)n3CC)C=C2)cc1. The average molecular weight is 407 g/mol. The van der Waals surface area contributed by atoms with Gasteiger partial charge in [0.25, 0.3) is 0 Å². The zero-order chi connectivity index (χ0) is 21.2. The Kier molecular flexibility index (Phi) is 5.17. The van der Waals surface area contributed by atoms with E-state index in [-0.39, 0.29) is 0 Å². The summed E-state index contributed by atoms with van der Waals surface area (Å²) in [5, 5.41) is 5.25. The zero-order valence-corrected chi connectivity index (χ0v) is 18.0. The molecule has 0 unspecified atom stereocenters. The van der Waals surface area contributed by atoms with Gasteiger partial charge in [-0.05, 0) is 60.7 Å². The van der Waals surface area contributed by atoms with Crippen LogP contribution in [0.3, 0.4) is 0 Å². The molecule has 0 saturated heterocycles. The second kappa shape index (κ2) is 8.27. The minimum Gasteiger partial charge on any atom is -0.494 e. The maximum atomic E-state index is 5.51. The Morgan fingerprint density at radius 3 is 2.29 bits per heavy atom. The van der Waals surface area contributed by atoms with Crippen molar-refractivity contribution in [2.24, 2.45) is 4.99 Å². The van der Waals surface area contributed by atoms with E-state index < -0.39 is 0 Å². The number of ether oxygens (including phenoxy) is 1. The maximum absolute atomic E-state index is 5.51. The number of benzene rings is 3. The van der Waals surface area contributed by atoms with Crippen LogP contribution in [-0.4, -0.2) is 16.9 Å². The van der Waals surface area contributed by atoms with Crippen molar-refractivity contribution in [3.8, 4) is 5.75 Å². The zero-order valence-electron chi connectivity index (χ0n) is 18.0. The summed E-state index contributed by atoms with van der Waals surface area (Å²) in [4.78, 5) is 4.77. The molecule has 0 amide bonds. The molecule has 1 aromatic heterocycles. The van der Waals surface area contributed by atoms with Crippen molar-refractivity contribution < 1.29 is 4.74 Å². The molecule has 0 N–H and O–H groups in total. The summed E-state index contributed by atoms with van der Waals surface area (Å²) in [7, 11) is 0. The first-order valence-electron chi connectivity index (χ1n) is 10.9. The van der Waals surface area contributed by atoms with E-state index in [1.807, 2.05) is 19.1 Å². The monoisotopic (exact) mass is 406 g/mol. The van der Waals surface area contributed by atoms with Crippen molar-refractivity contribution >= 4 is 33.0 Å². The van der Waals surface area contributed by atoms with E-state index in [4.69, 9.17) is 9.73 Å². The number of aliphatic imine (C=N–C) groups is 1. The number of rotatable bonds is 5. The van der Waals surface area contributed by atoms with Gasteiger partial charge in [0.1, 0.15) is 5.75 Å². The second-order valence-corrected chi connectivity index (χ2v) is 7.71. The molecule has 0 spiro atoms. The van der Waals surface area contributed by atoms with E-state index in [0.29, 0.717) is 13.2 Å². The van der Waals surface area contributed by atoms with Crippen LogP contribution < -0.4 is 10.1 Å². The molecule has 1 aliphatic carbocycles. The van der Waals surface area contributed by atoms with Gasteiger partial charge in [-0.1, -0.05) is 54.6 Å². The molecule has 0 saturated carbocycles. The Balaban J connectivity index is 1.48. The molecular formula is C28H26N2O. The molecule has 4 aromatic rings. The number of hydrogen-bond donors (Lipinski definition) is 0. The van der Waals surface area contributed by atoms with Crippen LogP contribution in [0.5, 0.6) is 5.75 Å². The fourth-order valence-electron chi connectivity index (χ4n) is 4.41. The number of hydrogen-bond acceptors (Lipinski definition) is 2. The lowest BCUT2D eigenvalue weighted by molar-refractivity contribution is 0.340. The van der Waals surface area contributed by atoms with E-state index in [1.165, 1.54) is 38.2 Å².